The Labute approximate surface area is 125 Å². The van der Waals surface area contributed by atoms with Crippen LogP contribution in [0.3, 0.4) is 0 Å². The molecule has 0 aromatic heterocycles. The summed E-state index contributed by atoms with van der Waals surface area (Å²) < 4.78 is 0. The molecule has 3 unspecified atom stereocenters. The monoisotopic (exact) mass is 296 g/mol. The van der Waals surface area contributed by atoms with E-state index in [0.29, 0.717) is 0 Å². The summed E-state index contributed by atoms with van der Waals surface area (Å²) in [5.41, 5.74) is 0. The van der Waals surface area contributed by atoms with E-state index in [1.807, 2.05) is 28.5 Å². The van der Waals surface area contributed by atoms with E-state index in [-0.39, 0.29) is 29.9 Å². The van der Waals surface area contributed by atoms with Crippen molar-refractivity contribution in [1.82, 2.24) is 9.80 Å². The van der Waals surface area contributed by atoms with E-state index in [0.717, 1.165) is 50.8 Å². The van der Waals surface area contributed by atoms with Gasteiger partial charge in [-0.25, -0.2) is 0 Å². The zero-order valence-corrected chi connectivity index (χ0v) is 13.0. The first kappa shape index (κ1) is 14.2. The molecule has 0 aliphatic carbocycles. The summed E-state index contributed by atoms with van der Waals surface area (Å²) in [7, 11) is 0. The lowest BCUT2D eigenvalue weighted by Gasteiger charge is -2.50. The number of thioether (sulfide) groups is 1. The van der Waals surface area contributed by atoms with E-state index < -0.39 is 0 Å². The lowest BCUT2D eigenvalue weighted by Crippen LogP contribution is -2.68. The number of amides is 2. The van der Waals surface area contributed by atoms with Crippen LogP contribution >= 0.6 is 11.8 Å². The lowest BCUT2D eigenvalue weighted by molar-refractivity contribution is -0.166. The number of fused-ring (bicyclic) bond motifs is 1. The van der Waals surface area contributed by atoms with Crippen molar-refractivity contribution in [1.29, 1.82) is 0 Å². The first-order chi connectivity index (χ1) is 9.74. The molecule has 4 nitrogen and oxygen atoms in total. The van der Waals surface area contributed by atoms with Crippen molar-refractivity contribution in [3.8, 4) is 0 Å². The van der Waals surface area contributed by atoms with Gasteiger partial charge in [0.2, 0.25) is 11.8 Å². The van der Waals surface area contributed by atoms with E-state index >= 15 is 0 Å². The van der Waals surface area contributed by atoms with Gasteiger partial charge in [0.15, 0.2) is 0 Å². The molecule has 5 heteroatoms. The van der Waals surface area contributed by atoms with Gasteiger partial charge in [0.05, 0.1) is 0 Å². The zero-order chi connectivity index (χ0) is 14.1. The summed E-state index contributed by atoms with van der Waals surface area (Å²) in [5, 5.41) is 0. The third-order valence-electron chi connectivity index (χ3n) is 4.86. The Hall–Kier alpha value is -0.710. The molecule has 3 aliphatic rings. The number of hydrogen-bond acceptors (Lipinski definition) is 3. The van der Waals surface area contributed by atoms with Crippen LogP contribution in [-0.4, -0.2) is 57.8 Å². The van der Waals surface area contributed by atoms with E-state index in [1.165, 1.54) is 5.75 Å². The summed E-state index contributed by atoms with van der Waals surface area (Å²) in [6, 6.07) is -0.0919. The van der Waals surface area contributed by atoms with Crippen LogP contribution < -0.4 is 0 Å². The van der Waals surface area contributed by atoms with Crippen molar-refractivity contribution >= 4 is 23.6 Å². The maximum absolute atomic E-state index is 12.9. The summed E-state index contributed by atoms with van der Waals surface area (Å²) >= 11 is 1.92. The zero-order valence-electron chi connectivity index (χ0n) is 12.2. The third kappa shape index (κ3) is 2.34. The summed E-state index contributed by atoms with van der Waals surface area (Å²) in [6.07, 6.45) is 5.95. The molecule has 3 atom stereocenters. The topological polar surface area (TPSA) is 40.6 Å². The standard InChI is InChI=1S/C15H24N2O2S/c1-2-12-14(18)16-8-4-3-7-13(16)15(19)17(12)11-6-5-9-20-10-11/h11-13H,2-10H2,1H3. The molecule has 0 radical (unpaired) electrons. The second kappa shape index (κ2) is 5.96. The average molecular weight is 296 g/mol. The molecule has 3 rings (SSSR count). The number of hydrogen-bond donors (Lipinski definition) is 0. The predicted molar refractivity (Wildman–Crippen MR) is 80.6 cm³/mol. The summed E-state index contributed by atoms with van der Waals surface area (Å²) in [5.74, 6) is 2.62. The molecule has 20 heavy (non-hydrogen) atoms. The van der Waals surface area contributed by atoms with E-state index in [2.05, 4.69) is 0 Å². The Balaban J connectivity index is 1.86. The molecule has 112 valence electrons. The molecule has 0 bridgehead atoms. The van der Waals surface area contributed by atoms with Crippen LogP contribution in [0.5, 0.6) is 0 Å². The third-order valence-corrected chi connectivity index (χ3v) is 6.06. The molecule has 0 aromatic carbocycles. The van der Waals surface area contributed by atoms with Crippen molar-refractivity contribution in [2.24, 2.45) is 0 Å². The molecule has 0 N–H and O–H groups in total. The minimum Gasteiger partial charge on any atom is -0.329 e. The number of carbonyl (C=O) groups excluding carboxylic acids is 2. The van der Waals surface area contributed by atoms with E-state index in [4.69, 9.17) is 0 Å². The normalized spacial score (nSPS) is 35.1. The van der Waals surface area contributed by atoms with Crippen LogP contribution in [0.25, 0.3) is 0 Å². The van der Waals surface area contributed by atoms with Crippen LogP contribution in [0.4, 0.5) is 0 Å². The van der Waals surface area contributed by atoms with Gasteiger partial charge < -0.3 is 9.80 Å². The number of nitrogens with zero attached hydrogens (tertiary/aromatic N) is 2. The molecular weight excluding hydrogens is 272 g/mol. The van der Waals surface area contributed by atoms with Gasteiger partial charge >= 0.3 is 0 Å². The number of rotatable bonds is 2. The Morgan fingerprint density at radius 2 is 2.00 bits per heavy atom. The SMILES string of the molecule is CCC1C(=O)N2CCCCC2C(=O)N1C1CCCSC1. The second-order valence-corrected chi connectivity index (χ2v) is 7.23. The van der Waals surface area contributed by atoms with E-state index in [1.54, 1.807) is 0 Å². The maximum atomic E-state index is 12.9. The highest BCUT2D eigenvalue weighted by atomic mass is 32.2. The second-order valence-electron chi connectivity index (χ2n) is 6.08. The van der Waals surface area contributed by atoms with Crippen molar-refractivity contribution < 1.29 is 9.59 Å². The molecule has 0 aromatic rings. The fourth-order valence-electron chi connectivity index (χ4n) is 3.84. The number of piperidine rings is 1. The summed E-state index contributed by atoms with van der Waals surface area (Å²) in [6.45, 7) is 2.81. The van der Waals surface area contributed by atoms with Crippen LogP contribution in [0, 0.1) is 0 Å². The van der Waals surface area contributed by atoms with Gasteiger partial charge in [0.1, 0.15) is 12.1 Å². The minimum absolute atomic E-state index is 0.161. The van der Waals surface area contributed by atoms with Crippen LogP contribution in [0.2, 0.25) is 0 Å². The Kier molecular flexibility index (Phi) is 4.24. The van der Waals surface area contributed by atoms with Gasteiger partial charge in [0.25, 0.3) is 0 Å². The Bertz CT molecular complexity index is 395. The van der Waals surface area contributed by atoms with Crippen LogP contribution in [0.15, 0.2) is 0 Å². The smallest absolute Gasteiger partial charge is 0.246 e. The van der Waals surface area contributed by atoms with Crippen molar-refractivity contribution in [3.63, 3.8) is 0 Å². The fraction of sp³-hybridized carbons (Fsp3) is 0.867. The van der Waals surface area contributed by atoms with Gasteiger partial charge in [-0.05, 0) is 44.3 Å². The highest BCUT2D eigenvalue weighted by Crippen LogP contribution is 2.32. The highest BCUT2D eigenvalue weighted by Gasteiger charge is 2.48. The van der Waals surface area contributed by atoms with Crippen molar-refractivity contribution in [2.45, 2.75) is 63.6 Å². The number of piperazine rings is 1. The number of carbonyl (C=O) groups is 2. The van der Waals surface area contributed by atoms with Crippen molar-refractivity contribution in [2.75, 3.05) is 18.1 Å². The first-order valence-corrected chi connectivity index (χ1v) is 9.10. The molecule has 2 amide bonds. The van der Waals surface area contributed by atoms with Gasteiger partial charge in [-0.2, -0.15) is 11.8 Å². The lowest BCUT2D eigenvalue weighted by atomic mass is 9.92. The average Bonchev–Trinajstić information content (AvgIpc) is 2.51. The van der Waals surface area contributed by atoms with Gasteiger partial charge in [-0.1, -0.05) is 6.92 Å². The molecular formula is C15H24N2O2S. The first-order valence-electron chi connectivity index (χ1n) is 7.94. The molecule has 0 spiro atoms. The largest absolute Gasteiger partial charge is 0.329 e. The van der Waals surface area contributed by atoms with Gasteiger partial charge in [-0.15, -0.1) is 0 Å². The summed E-state index contributed by atoms with van der Waals surface area (Å²) in [4.78, 5) is 29.5. The highest BCUT2D eigenvalue weighted by molar-refractivity contribution is 7.99. The van der Waals surface area contributed by atoms with Crippen molar-refractivity contribution in [3.05, 3.63) is 0 Å². The van der Waals surface area contributed by atoms with Crippen LogP contribution in [-0.2, 0) is 9.59 Å². The Morgan fingerprint density at radius 1 is 1.15 bits per heavy atom. The molecule has 3 saturated heterocycles. The molecule has 3 fully saturated rings. The van der Waals surface area contributed by atoms with E-state index in [9.17, 15) is 9.59 Å². The molecule has 0 saturated carbocycles. The Morgan fingerprint density at radius 3 is 2.70 bits per heavy atom. The quantitative estimate of drug-likeness (QED) is 0.781. The maximum Gasteiger partial charge on any atom is 0.246 e. The molecule has 3 heterocycles. The van der Waals surface area contributed by atoms with Gasteiger partial charge in [-0.3, -0.25) is 9.59 Å². The van der Waals surface area contributed by atoms with Crippen LogP contribution in [0.1, 0.15) is 45.4 Å². The van der Waals surface area contributed by atoms with Gasteiger partial charge in [0, 0.05) is 18.3 Å². The molecule has 3 aliphatic heterocycles. The predicted octanol–water partition coefficient (Wildman–Crippen LogP) is 1.88. The fourth-order valence-corrected chi connectivity index (χ4v) is 4.97. The minimum atomic E-state index is -0.208.